The molecule has 0 bridgehead atoms. The SMILES string of the molecule is COc1ccc(C(C)Nc2nc(C)nc(Cl)c2C=O)cc1. The van der Waals surface area contributed by atoms with Gasteiger partial charge in [0, 0.05) is 6.04 Å². The van der Waals surface area contributed by atoms with E-state index in [-0.39, 0.29) is 16.8 Å². The fraction of sp³-hybridized carbons (Fsp3) is 0.267. The smallest absolute Gasteiger partial charge is 0.156 e. The maximum absolute atomic E-state index is 11.1. The van der Waals surface area contributed by atoms with Crippen LogP contribution in [-0.2, 0) is 0 Å². The highest BCUT2D eigenvalue weighted by Gasteiger charge is 2.14. The molecule has 1 atom stereocenters. The van der Waals surface area contributed by atoms with Crippen LogP contribution in [0.4, 0.5) is 5.82 Å². The van der Waals surface area contributed by atoms with Crippen molar-refractivity contribution in [2.24, 2.45) is 0 Å². The van der Waals surface area contributed by atoms with E-state index in [0.29, 0.717) is 17.9 Å². The van der Waals surface area contributed by atoms with Crippen molar-refractivity contribution in [3.63, 3.8) is 0 Å². The van der Waals surface area contributed by atoms with Crippen molar-refractivity contribution in [2.45, 2.75) is 19.9 Å². The summed E-state index contributed by atoms with van der Waals surface area (Å²) in [6, 6.07) is 7.62. The molecule has 1 heterocycles. The second-order valence-electron chi connectivity index (χ2n) is 4.58. The molecule has 110 valence electrons. The number of nitrogens with zero attached hydrogens (tertiary/aromatic N) is 2. The number of benzene rings is 1. The molecule has 0 saturated heterocycles. The van der Waals surface area contributed by atoms with Gasteiger partial charge in [-0.05, 0) is 31.5 Å². The monoisotopic (exact) mass is 305 g/mol. The molecule has 0 saturated carbocycles. The number of rotatable bonds is 5. The Morgan fingerprint density at radius 1 is 1.29 bits per heavy atom. The van der Waals surface area contributed by atoms with Crippen LogP contribution in [-0.4, -0.2) is 23.4 Å². The standard InChI is InChI=1S/C15H16ClN3O2/c1-9(11-4-6-12(21-3)7-5-11)17-15-13(8-20)14(16)18-10(2)19-15/h4-9H,1-3H3,(H,17,18,19). The first-order chi connectivity index (χ1) is 10.0. The van der Waals surface area contributed by atoms with Crippen LogP contribution >= 0.6 is 11.6 Å². The van der Waals surface area contributed by atoms with Gasteiger partial charge in [-0.15, -0.1) is 0 Å². The number of carbonyl (C=O) groups excluding carboxylic acids is 1. The average Bonchev–Trinajstić information content (AvgIpc) is 2.47. The molecular weight excluding hydrogens is 290 g/mol. The Bertz CT molecular complexity index is 644. The minimum atomic E-state index is -0.0417. The molecule has 5 nitrogen and oxygen atoms in total. The van der Waals surface area contributed by atoms with Gasteiger partial charge < -0.3 is 10.1 Å². The van der Waals surface area contributed by atoms with Crippen molar-refractivity contribution in [1.29, 1.82) is 0 Å². The Morgan fingerprint density at radius 3 is 2.52 bits per heavy atom. The number of halogens is 1. The van der Waals surface area contributed by atoms with E-state index in [1.54, 1.807) is 14.0 Å². The van der Waals surface area contributed by atoms with Gasteiger partial charge in [0.1, 0.15) is 22.5 Å². The summed E-state index contributed by atoms with van der Waals surface area (Å²) in [5.74, 6) is 1.74. The molecule has 0 fully saturated rings. The summed E-state index contributed by atoms with van der Waals surface area (Å²) in [4.78, 5) is 19.4. The first kappa shape index (κ1) is 15.3. The van der Waals surface area contributed by atoms with Gasteiger partial charge in [-0.1, -0.05) is 23.7 Å². The summed E-state index contributed by atoms with van der Waals surface area (Å²) in [6.07, 6.45) is 0.658. The number of aldehydes is 1. The second-order valence-corrected chi connectivity index (χ2v) is 4.94. The van der Waals surface area contributed by atoms with Crippen LogP contribution in [0.3, 0.4) is 0 Å². The number of ether oxygens (including phenoxy) is 1. The zero-order valence-electron chi connectivity index (χ0n) is 12.1. The van der Waals surface area contributed by atoms with Crippen molar-refractivity contribution in [3.8, 4) is 5.75 Å². The fourth-order valence-electron chi connectivity index (χ4n) is 1.94. The lowest BCUT2D eigenvalue weighted by Crippen LogP contribution is -2.11. The number of hydrogen-bond donors (Lipinski definition) is 1. The van der Waals surface area contributed by atoms with Crippen molar-refractivity contribution < 1.29 is 9.53 Å². The minimum Gasteiger partial charge on any atom is -0.497 e. The van der Waals surface area contributed by atoms with E-state index in [0.717, 1.165) is 11.3 Å². The van der Waals surface area contributed by atoms with Gasteiger partial charge in [0.2, 0.25) is 0 Å². The largest absolute Gasteiger partial charge is 0.497 e. The lowest BCUT2D eigenvalue weighted by Gasteiger charge is -2.17. The highest BCUT2D eigenvalue weighted by atomic mass is 35.5. The van der Waals surface area contributed by atoms with E-state index in [1.165, 1.54) is 0 Å². The molecule has 0 aliphatic heterocycles. The topological polar surface area (TPSA) is 64.1 Å². The van der Waals surface area contributed by atoms with Crippen LogP contribution in [0, 0.1) is 6.92 Å². The quantitative estimate of drug-likeness (QED) is 0.677. The van der Waals surface area contributed by atoms with Crippen molar-refractivity contribution in [3.05, 3.63) is 46.4 Å². The lowest BCUT2D eigenvalue weighted by atomic mass is 10.1. The molecule has 1 aromatic carbocycles. The van der Waals surface area contributed by atoms with Gasteiger partial charge in [0.15, 0.2) is 6.29 Å². The zero-order valence-corrected chi connectivity index (χ0v) is 12.8. The molecule has 0 aliphatic rings. The van der Waals surface area contributed by atoms with E-state index < -0.39 is 0 Å². The van der Waals surface area contributed by atoms with Gasteiger partial charge >= 0.3 is 0 Å². The number of anilines is 1. The third-order valence-corrected chi connectivity index (χ3v) is 3.39. The van der Waals surface area contributed by atoms with E-state index in [1.807, 2.05) is 31.2 Å². The molecule has 2 aromatic rings. The lowest BCUT2D eigenvalue weighted by molar-refractivity contribution is 0.112. The van der Waals surface area contributed by atoms with E-state index in [4.69, 9.17) is 16.3 Å². The van der Waals surface area contributed by atoms with Crippen LogP contribution in [0.25, 0.3) is 0 Å². The first-order valence-electron chi connectivity index (χ1n) is 6.45. The number of aryl methyl sites for hydroxylation is 1. The van der Waals surface area contributed by atoms with E-state index in [9.17, 15) is 4.79 Å². The third kappa shape index (κ3) is 3.49. The number of hydrogen-bond acceptors (Lipinski definition) is 5. The van der Waals surface area contributed by atoms with Crippen LogP contribution in [0.1, 0.15) is 34.7 Å². The molecule has 2 rings (SSSR count). The molecule has 1 aromatic heterocycles. The van der Waals surface area contributed by atoms with Crippen LogP contribution < -0.4 is 10.1 Å². The van der Waals surface area contributed by atoms with E-state index in [2.05, 4.69) is 15.3 Å². The molecule has 0 spiro atoms. The molecule has 0 amide bonds. The summed E-state index contributed by atoms with van der Waals surface area (Å²) in [5.41, 5.74) is 1.31. The number of methoxy groups -OCH3 is 1. The molecule has 0 aliphatic carbocycles. The number of carbonyl (C=O) groups is 1. The molecule has 21 heavy (non-hydrogen) atoms. The van der Waals surface area contributed by atoms with Crippen molar-refractivity contribution in [1.82, 2.24) is 9.97 Å². The third-order valence-electron chi connectivity index (χ3n) is 3.10. The zero-order chi connectivity index (χ0) is 15.4. The van der Waals surface area contributed by atoms with Crippen molar-refractivity contribution in [2.75, 3.05) is 12.4 Å². The molecule has 6 heteroatoms. The van der Waals surface area contributed by atoms with Crippen LogP contribution in [0.15, 0.2) is 24.3 Å². The summed E-state index contributed by atoms with van der Waals surface area (Å²) in [7, 11) is 1.62. The summed E-state index contributed by atoms with van der Waals surface area (Å²) in [6.45, 7) is 3.70. The van der Waals surface area contributed by atoms with Crippen LogP contribution in [0.2, 0.25) is 5.15 Å². The maximum atomic E-state index is 11.1. The number of nitrogens with one attached hydrogen (secondary N) is 1. The summed E-state index contributed by atoms with van der Waals surface area (Å²) in [5, 5.41) is 3.34. The normalized spacial score (nSPS) is 11.8. The molecule has 0 radical (unpaired) electrons. The Morgan fingerprint density at radius 2 is 1.95 bits per heavy atom. The van der Waals surface area contributed by atoms with E-state index >= 15 is 0 Å². The van der Waals surface area contributed by atoms with Gasteiger partial charge in [-0.25, -0.2) is 9.97 Å². The second kappa shape index (κ2) is 6.54. The maximum Gasteiger partial charge on any atom is 0.156 e. The predicted octanol–water partition coefficient (Wildman–Crippen LogP) is 3.43. The Hall–Kier alpha value is -2.14. The Kier molecular flexibility index (Phi) is 4.75. The highest BCUT2D eigenvalue weighted by Crippen LogP contribution is 2.25. The summed E-state index contributed by atoms with van der Waals surface area (Å²) < 4.78 is 5.13. The average molecular weight is 306 g/mol. The fourth-order valence-corrected chi connectivity index (χ4v) is 2.20. The minimum absolute atomic E-state index is 0.0417. The van der Waals surface area contributed by atoms with Crippen molar-refractivity contribution >= 4 is 23.7 Å². The highest BCUT2D eigenvalue weighted by molar-refractivity contribution is 6.32. The van der Waals surface area contributed by atoms with Gasteiger partial charge in [-0.3, -0.25) is 4.79 Å². The Labute approximate surface area is 128 Å². The predicted molar refractivity (Wildman–Crippen MR) is 82.2 cm³/mol. The van der Waals surface area contributed by atoms with Gasteiger partial charge in [-0.2, -0.15) is 0 Å². The Balaban J connectivity index is 2.26. The van der Waals surface area contributed by atoms with Crippen LogP contribution in [0.5, 0.6) is 5.75 Å². The molecule has 1 unspecified atom stereocenters. The summed E-state index contributed by atoms with van der Waals surface area (Å²) >= 11 is 5.96. The van der Waals surface area contributed by atoms with Gasteiger partial charge in [0.05, 0.1) is 12.7 Å². The first-order valence-corrected chi connectivity index (χ1v) is 6.82. The molecular formula is C15H16ClN3O2. The number of aromatic nitrogens is 2. The molecule has 1 N–H and O–H groups in total. The van der Waals surface area contributed by atoms with Gasteiger partial charge in [0.25, 0.3) is 0 Å².